The third-order valence-corrected chi connectivity index (χ3v) is 3.13. The highest BCUT2D eigenvalue weighted by Gasteiger charge is 2.04. The van der Waals surface area contributed by atoms with Crippen molar-refractivity contribution < 1.29 is 0 Å². The van der Waals surface area contributed by atoms with Gasteiger partial charge in [0.25, 0.3) is 0 Å². The van der Waals surface area contributed by atoms with Crippen molar-refractivity contribution >= 4 is 42.1 Å². The Kier molecular flexibility index (Phi) is 6.75. The molecule has 3 aromatic rings. The molecule has 0 bridgehead atoms. The summed E-state index contributed by atoms with van der Waals surface area (Å²) < 4.78 is 0. The molecule has 0 aliphatic carbocycles. The quantitative estimate of drug-likeness (QED) is 0.698. The molecule has 2 heterocycles. The standard InChI is InChI=1S/C16H15N5.2ClH/c1-11-10-13(17)2-3-14(11)20-16-19-9-6-15(21-16)12-4-7-18-8-5-12;;/h2-10H,17H2,1H3,(H,19,20,21);2*1H. The minimum atomic E-state index is 0. The lowest BCUT2D eigenvalue weighted by Gasteiger charge is -2.09. The van der Waals surface area contributed by atoms with E-state index in [-0.39, 0.29) is 24.8 Å². The fourth-order valence-corrected chi connectivity index (χ4v) is 2.05. The number of pyridine rings is 1. The highest BCUT2D eigenvalue weighted by Crippen LogP contribution is 2.22. The largest absolute Gasteiger partial charge is 0.399 e. The van der Waals surface area contributed by atoms with Crippen LogP contribution in [0.3, 0.4) is 0 Å². The van der Waals surface area contributed by atoms with Crippen molar-refractivity contribution in [1.82, 2.24) is 15.0 Å². The van der Waals surface area contributed by atoms with Crippen LogP contribution in [0.5, 0.6) is 0 Å². The van der Waals surface area contributed by atoms with E-state index in [2.05, 4.69) is 20.3 Å². The van der Waals surface area contributed by atoms with Crippen molar-refractivity contribution in [2.75, 3.05) is 11.1 Å². The van der Waals surface area contributed by atoms with Crippen LogP contribution in [0.15, 0.2) is 55.0 Å². The first-order valence-electron chi connectivity index (χ1n) is 6.59. The molecule has 0 aliphatic rings. The van der Waals surface area contributed by atoms with E-state index in [1.807, 2.05) is 43.3 Å². The summed E-state index contributed by atoms with van der Waals surface area (Å²) in [6.45, 7) is 1.99. The highest BCUT2D eigenvalue weighted by molar-refractivity contribution is 5.85. The van der Waals surface area contributed by atoms with Gasteiger partial charge in [-0.25, -0.2) is 9.97 Å². The molecule has 0 spiro atoms. The topological polar surface area (TPSA) is 76.7 Å². The van der Waals surface area contributed by atoms with E-state index >= 15 is 0 Å². The van der Waals surface area contributed by atoms with Gasteiger partial charge < -0.3 is 11.1 Å². The van der Waals surface area contributed by atoms with Crippen molar-refractivity contribution in [2.24, 2.45) is 0 Å². The van der Waals surface area contributed by atoms with Crippen LogP contribution in [0.4, 0.5) is 17.3 Å². The van der Waals surface area contributed by atoms with Gasteiger partial charge in [0, 0.05) is 35.5 Å². The molecule has 1 aromatic carbocycles. The van der Waals surface area contributed by atoms with E-state index < -0.39 is 0 Å². The maximum absolute atomic E-state index is 5.76. The zero-order valence-electron chi connectivity index (χ0n) is 12.4. The Balaban J connectivity index is 0.00000132. The van der Waals surface area contributed by atoms with Gasteiger partial charge in [0.15, 0.2) is 0 Å². The fraction of sp³-hybridized carbons (Fsp3) is 0.0625. The van der Waals surface area contributed by atoms with Crippen LogP contribution in [0, 0.1) is 6.92 Å². The first-order chi connectivity index (χ1) is 10.2. The number of nitrogen functional groups attached to an aromatic ring is 1. The summed E-state index contributed by atoms with van der Waals surface area (Å²) in [5, 5.41) is 3.22. The van der Waals surface area contributed by atoms with Gasteiger partial charge in [0.1, 0.15) is 0 Å². The molecule has 0 radical (unpaired) electrons. The van der Waals surface area contributed by atoms with Gasteiger partial charge in [0.05, 0.1) is 5.69 Å². The maximum Gasteiger partial charge on any atom is 0.227 e. The van der Waals surface area contributed by atoms with Crippen molar-refractivity contribution in [1.29, 1.82) is 0 Å². The number of halogens is 2. The summed E-state index contributed by atoms with van der Waals surface area (Å²) in [5.74, 6) is 0.553. The molecule has 0 saturated heterocycles. The monoisotopic (exact) mass is 349 g/mol. The third-order valence-electron chi connectivity index (χ3n) is 3.13. The molecule has 3 rings (SSSR count). The molecule has 0 saturated carbocycles. The van der Waals surface area contributed by atoms with Crippen molar-refractivity contribution in [3.63, 3.8) is 0 Å². The van der Waals surface area contributed by atoms with Gasteiger partial charge in [-0.2, -0.15) is 0 Å². The lowest BCUT2D eigenvalue weighted by molar-refractivity contribution is 1.16. The first-order valence-corrected chi connectivity index (χ1v) is 6.59. The Labute approximate surface area is 147 Å². The number of aromatic nitrogens is 3. The number of hydrogen-bond donors (Lipinski definition) is 2. The molecule has 5 nitrogen and oxygen atoms in total. The number of rotatable bonds is 3. The molecule has 3 N–H and O–H groups in total. The fourth-order valence-electron chi connectivity index (χ4n) is 2.05. The number of anilines is 3. The average Bonchev–Trinajstić information content (AvgIpc) is 2.51. The van der Waals surface area contributed by atoms with Gasteiger partial charge in [-0.3, -0.25) is 4.98 Å². The minimum absolute atomic E-state index is 0. The lowest BCUT2D eigenvalue weighted by atomic mass is 10.2. The second-order valence-electron chi connectivity index (χ2n) is 4.70. The number of nitrogens with zero attached hydrogens (tertiary/aromatic N) is 3. The Bertz CT molecular complexity index is 765. The summed E-state index contributed by atoms with van der Waals surface area (Å²) in [5.41, 5.74) is 10.3. The zero-order chi connectivity index (χ0) is 14.7. The van der Waals surface area contributed by atoms with Gasteiger partial charge in [0.2, 0.25) is 5.95 Å². The van der Waals surface area contributed by atoms with Crippen LogP contribution < -0.4 is 11.1 Å². The molecule has 2 aromatic heterocycles. The molecular formula is C16H17Cl2N5. The average molecular weight is 350 g/mol. The smallest absolute Gasteiger partial charge is 0.227 e. The van der Waals surface area contributed by atoms with Crippen LogP contribution in [-0.2, 0) is 0 Å². The molecule has 7 heteroatoms. The first kappa shape index (κ1) is 18.7. The van der Waals surface area contributed by atoms with E-state index in [9.17, 15) is 0 Å². The summed E-state index contributed by atoms with van der Waals surface area (Å²) in [4.78, 5) is 12.8. The molecule has 0 amide bonds. The summed E-state index contributed by atoms with van der Waals surface area (Å²) >= 11 is 0. The van der Waals surface area contributed by atoms with Gasteiger partial charge >= 0.3 is 0 Å². The molecule has 23 heavy (non-hydrogen) atoms. The minimum Gasteiger partial charge on any atom is -0.399 e. The second kappa shape index (κ2) is 8.31. The van der Waals surface area contributed by atoms with Crippen LogP contribution in [0.1, 0.15) is 5.56 Å². The van der Waals surface area contributed by atoms with Gasteiger partial charge in [-0.1, -0.05) is 0 Å². The molecule has 120 valence electrons. The number of nitrogens with one attached hydrogen (secondary N) is 1. The van der Waals surface area contributed by atoms with E-state index in [0.29, 0.717) is 5.95 Å². The molecule has 0 aliphatic heterocycles. The van der Waals surface area contributed by atoms with Crippen LogP contribution in [0.2, 0.25) is 0 Å². The van der Waals surface area contributed by atoms with Gasteiger partial charge in [-0.15, -0.1) is 24.8 Å². The van der Waals surface area contributed by atoms with E-state index in [4.69, 9.17) is 5.73 Å². The van der Waals surface area contributed by atoms with Crippen LogP contribution >= 0.6 is 24.8 Å². The van der Waals surface area contributed by atoms with Gasteiger partial charge in [-0.05, 0) is 48.9 Å². The van der Waals surface area contributed by atoms with Crippen molar-refractivity contribution in [3.05, 3.63) is 60.6 Å². The summed E-state index contributed by atoms with van der Waals surface area (Å²) in [6.07, 6.45) is 5.22. The predicted molar refractivity (Wildman–Crippen MR) is 98.6 cm³/mol. The molecule has 0 fully saturated rings. The molecular weight excluding hydrogens is 333 g/mol. The van der Waals surface area contributed by atoms with E-state index in [0.717, 1.165) is 28.2 Å². The lowest BCUT2D eigenvalue weighted by Crippen LogP contribution is -2.00. The summed E-state index contributed by atoms with van der Waals surface area (Å²) in [7, 11) is 0. The zero-order valence-corrected chi connectivity index (χ0v) is 14.1. The number of benzene rings is 1. The van der Waals surface area contributed by atoms with Crippen LogP contribution in [-0.4, -0.2) is 15.0 Å². The number of hydrogen-bond acceptors (Lipinski definition) is 5. The predicted octanol–water partition coefficient (Wildman–Crippen LogP) is 4.02. The second-order valence-corrected chi connectivity index (χ2v) is 4.70. The normalized spacial score (nSPS) is 9.43. The summed E-state index contributed by atoms with van der Waals surface area (Å²) in [6, 6.07) is 11.4. The van der Waals surface area contributed by atoms with E-state index in [1.54, 1.807) is 18.6 Å². The Morgan fingerprint density at radius 2 is 1.70 bits per heavy atom. The Morgan fingerprint density at radius 3 is 2.39 bits per heavy atom. The molecule has 0 unspecified atom stereocenters. The molecule has 0 atom stereocenters. The van der Waals surface area contributed by atoms with Crippen molar-refractivity contribution in [3.8, 4) is 11.3 Å². The Morgan fingerprint density at radius 1 is 0.957 bits per heavy atom. The number of nitrogens with two attached hydrogens (primary N) is 1. The van der Waals surface area contributed by atoms with Crippen molar-refractivity contribution in [2.45, 2.75) is 6.92 Å². The Hall–Kier alpha value is -2.37. The SMILES string of the molecule is Cc1cc(N)ccc1Nc1nccc(-c2ccncc2)n1.Cl.Cl. The maximum atomic E-state index is 5.76. The highest BCUT2D eigenvalue weighted by atomic mass is 35.5. The van der Waals surface area contributed by atoms with Crippen LogP contribution in [0.25, 0.3) is 11.3 Å². The third kappa shape index (κ3) is 4.55. The number of aryl methyl sites for hydroxylation is 1. The van der Waals surface area contributed by atoms with E-state index in [1.165, 1.54) is 0 Å².